The van der Waals surface area contributed by atoms with Gasteiger partial charge in [-0.3, -0.25) is 0 Å². The zero-order chi connectivity index (χ0) is 13.3. The van der Waals surface area contributed by atoms with E-state index in [4.69, 9.17) is 5.73 Å². The van der Waals surface area contributed by atoms with Gasteiger partial charge in [0.05, 0.1) is 6.10 Å². The van der Waals surface area contributed by atoms with Crippen LogP contribution in [0, 0.1) is 17.6 Å². The highest BCUT2D eigenvalue weighted by atomic mass is 19.1. The van der Waals surface area contributed by atoms with Gasteiger partial charge >= 0.3 is 0 Å². The van der Waals surface area contributed by atoms with Crippen molar-refractivity contribution in [2.75, 3.05) is 18.0 Å². The smallest absolute Gasteiger partial charge is 0.149 e. The van der Waals surface area contributed by atoms with Gasteiger partial charge in [-0.1, -0.05) is 0 Å². The monoisotopic (exact) mass is 256 g/mol. The standard InChI is InChI=1S/C13H18F2N2O/c1-8(18)10-2-3-17(7-10)13-11(14)4-9(6-16)5-12(13)15/h4-5,8,10,18H,2-3,6-7,16H2,1H3. The maximum Gasteiger partial charge on any atom is 0.149 e. The predicted octanol–water partition coefficient (Wildman–Crippen LogP) is 1.63. The van der Waals surface area contributed by atoms with Crippen molar-refractivity contribution in [1.29, 1.82) is 0 Å². The van der Waals surface area contributed by atoms with Crippen molar-refractivity contribution < 1.29 is 13.9 Å². The number of aliphatic hydroxyl groups is 1. The molecule has 1 aliphatic heterocycles. The van der Waals surface area contributed by atoms with Crippen molar-refractivity contribution >= 4 is 5.69 Å². The average molecular weight is 256 g/mol. The molecule has 0 bridgehead atoms. The Morgan fingerprint density at radius 2 is 2.06 bits per heavy atom. The van der Waals surface area contributed by atoms with Gasteiger partial charge in [0.1, 0.15) is 17.3 Å². The predicted molar refractivity (Wildman–Crippen MR) is 66.3 cm³/mol. The molecule has 2 atom stereocenters. The Kier molecular flexibility index (Phi) is 3.82. The fourth-order valence-corrected chi connectivity index (χ4v) is 2.42. The third kappa shape index (κ3) is 2.47. The van der Waals surface area contributed by atoms with Gasteiger partial charge in [-0.15, -0.1) is 0 Å². The van der Waals surface area contributed by atoms with E-state index < -0.39 is 17.7 Å². The number of anilines is 1. The number of benzene rings is 1. The van der Waals surface area contributed by atoms with Gasteiger partial charge < -0.3 is 15.7 Å². The lowest BCUT2D eigenvalue weighted by molar-refractivity contribution is 0.136. The van der Waals surface area contributed by atoms with Gasteiger partial charge in [0, 0.05) is 25.6 Å². The highest BCUT2D eigenvalue weighted by Gasteiger charge is 2.29. The van der Waals surface area contributed by atoms with Crippen molar-refractivity contribution in [2.24, 2.45) is 11.7 Å². The molecule has 1 aromatic rings. The number of nitrogens with two attached hydrogens (primary N) is 1. The van der Waals surface area contributed by atoms with E-state index in [9.17, 15) is 13.9 Å². The van der Waals surface area contributed by atoms with E-state index >= 15 is 0 Å². The molecule has 2 rings (SSSR count). The van der Waals surface area contributed by atoms with Crippen molar-refractivity contribution in [2.45, 2.75) is 26.0 Å². The summed E-state index contributed by atoms with van der Waals surface area (Å²) in [7, 11) is 0. The molecule has 0 aromatic heterocycles. The number of rotatable bonds is 3. The lowest BCUT2D eigenvalue weighted by Gasteiger charge is -2.21. The van der Waals surface area contributed by atoms with Crippen LogP contribution in [0.15, 0.2) is 12.1 Å². The van der Waals surface area contributed by atoms with Gasteiger partial charge in [0.2, 0.25) is 0 Å². The third-order valence-electron chi connectivity index (χ3n) is 3.54. The van der Waals surface area contributed by atoms with Gasteiger partial charge in [-0.2, -0.15) is 0 Å². The molecule has 0 aliphatic carbocycles. The summed E-state index contributed by atoms with van der Waals surface area (Å²) in [6, 6.07) is 2.54. The van der Waals surface area contributed by atoms with Crippen LogP contribution in [0.1, 0.15) is 18.9 Å². The van der Waals surface area contributed by atoms with E-state index in [0.717, 1.165) is 6.42 Å². The van der Waals surface area contributed by atoms with Crippen LogP contribution >= 0.6 is 0 Å². The van der Waals surface area contributed by atoms with Gasteiger partial charge in [0.15, 0.2) is 0 Å². The van der Waals surface area contributed by atoms with Gasteiger partial charge in [0.25, 0.3) is 0 Å². The Hall–Kier alpha value is -1.20. The topological polar surface area (TPSA) is 49.5 Å². The van der Waals surface area contributed by atoms with Crippen molar-refractivity contribution in [3.63, 3.8) is 0 Å². The number of hydrogen-bond acceptors (Lipinski definition) is 3. The van der Waals surface area contributed by atoms with Crippen molar-refractivity contribution in [3.8, 4) is 0 Å². The first-order valence-electron chi connectivity index (χ1n) is 6.14. The number of halogens is 2. The Morgan fingerprint density at radius 3 is 2.50 bits per heavy atom. The molecule has 0 radical (unpaired) electrons. The van der Waals surface area contributed by atoms with Crippen LogP contribution in [0.5, 0.6) is 0 Å². The normalized spacial score (nSPS) is 21.4. The number of hydrogen-bond donors (Lipinski definition) is 2. The summed E-state index contributed by atoms with van der Waals surface area (Å²) in [5.41, 5.74) is 5.81. The van der Waals surface area contributed by atoms with E-state index in [1.807, 2.05) is 0 Å². The number of aliphatic hydroxyl groups excluding tert-OH is 1. The van der Waals surface area contributed by atoms with E-state index in [2.05, 4.69) is 0 Å². The van der Waals surface area contributed by atoms with Crippen molar-refractivity contribution in [3.05, 3.63) is 29.3 Å². The highest BCUT2D eigenvalue weighted by Crippen LogP contribution is 2.30. The molecule has 1 fully saturated rings. The summed E-state index contributed by atoms with van der Waals surface area (Å²) < 4.78 is 27.8. The molecule has 3 nitrogen and oxygen atoms in total. The summed E-state index contributed by atoms with van der Waals surface area (Å²) in [6.45, 7) is 2.86. The maximum atomic E-state index is 13.9. The maximum absolute atomic E-state index is 13.9. The second-order valence-corrected chi connectivity index (χ2v) is 4.85. The van der Waals surface area contributed by atoms with E-state index in [-0.39, 0.29) is 18.2 Å². The molecule has 3 N–H and O–H groups in total. The SMILES string of the molecule is CC(O)C1CCN(c2c(F)cc(CN)cc2F)C1. The zero-order valence-corrected chi connectivity index (χ0v) is 10.4. The van der Waals surface area contributed by atoms with Crippen LogP contribution in [-0.4, -0.2) is 24.3 Å². The molecule has 1 aromatic carbocycles. The summed E-state index contributed by atoms with van der Waals surface area (Å²) >= 11 is 0. The number of nitrogens with zero attached hydrogens (tertiary/aromatic N) is 1. The first kappa shape index (κ1) is 13.2. The third-order valence-corrected chi connectivity index (χ3v) is 3.54. The van der Waals surface area contributed by atoms with Crippen LogP contribution < -0.4 is 10.6 Å². The van der Waals surface area contributed by atoms with Gasteiger partial charge in [-0.05, 0) is 31.0 Å². The molecule has 1 saturated heterocycles. The van der Waals surface area contributed by atoms with E-state index in [1.165, 1.54) is 12.1 Å². The molecular formula is C13H18F2N2O. The van der Waals surface area contributed by atoms with Crippen LogP contribution in [0.25, 0.3) is 0 Å². The highest BCUT2D eigenvalue weighted by molar-refractivity contribution is 5.51. The summed E-state index contributed by atoms with van der Waals surface area (Å²) in [5.74, 6) is -1.10. The molecule has 0 saturated carbocycles. The lowest BCUT2D eigenvalue weighted by atomic mass is 10.0. The summed E-state index contributed by atoms with van der Waals surface area (Å²) in [4.78, 5) is 1.66. The molecule has 1 aliphatic rings. The first-order valence-corrected chi connectivity index (χ1v) is 6.14. The lowest BCUT2D eigenvalue weighted by Crippen LogP contribution is -2.25. The summed E-state index contributed by atoms with van der Waals surface area (Å²) in [5, 5.41) is 9.51. The van der Waals surface area contributed by atoms with Crippen LogP contribution in [0.4, 0.5) is 14.5 Å². The van der Waals surface area contributed by atoms with Crippen molar-refractivity contribution in [1.82, 2.24) is 0 Å². The first-order chi connectivity index (χ1) is 8.52. The molecule has 100 valence electrons. The molecular weight excluding hydrogens is 238 g/mol. The molecule has 2 unspecified atom stereocenters. The Bertz CT molecular complexity index is 414. The minimum absolute atomic E-state index is 0.00431. The molecule has 0 amide bonds. The van der Waals surface area contributed by atoms with Crippen LogP contribution in [-0.2, 0) is 6.54 Å². The van der Waals surface area contributed by atoms with Gasteiger partial charge in [-0.25, -0.2) is 8.78 Å². The van der Waals surface area contributed by atoms with Crippen LogP contribution in [0.3, 0.4) is 0 Å². The minimum atomic E-state index is -0.582. The summed E-state index contributed by atoms with van der Waals surface area (Å²) in [6.07, 6.45) is 0.291. The molecule has 18 heavy (non-hydrogen) atoms. The van der Waals surface area contributed by atoms with E-state index in [0.29, 0.717) is 18.7 Å². The van der Waals surface area contributed by atoms with E-state index in [1.54, 1.807) is 11.8 Å². The second-order valence-electron chi connectivity index (χ2n) is 4.85. The molecule has 1 heterocycles. The zero-order valence-electron chi connectivity index (χ0n) is 10.4. The largest absolute Gasteiger partial charge is 0.393 e. The quantitative estimate of drug-likeness (QED) is 0.864. The molecule has 5 heteroatoms. The second kappa shape index (κ2) is 5.20. The Morgan fingerprint density at radius 1 is 1.44 bits per heavy atom. The Balaban J connectivity index is 2.24. The molecule has 0 spiro atoms. The fraction of sp³-hybridized carbons (Fsp3) is 0.538. The Labute approximate surface area is 105 Å². The minimum Gasteiger partial charge on any atom is -0.393 e. The average Bonchev–Trinajstić information content (AvgIpc) is 2.77. The van der Waals surface area contributed by atoms with Crippen LogP contribution in [0.2, 0.25) is 0 Å². The fourth-order valence-electron chi connectivity index (χ4n) is 2.42.